The average Bonchev–Trinajstić information content (AvgIpc) is 3.31. The fourth-order valence-corrected chi connectivity index (χ4v) is 4.50. The van der Waals surface area contributed by atoms with E-state index in [-0.39, 0.29) is 11.7 Å². The van der Waals surface area contributed by atoms with Gasteiger partial charge in [-0.25, -0.2) is 4.98 Å². The molecule has 3 aromatic rings. The van der Waals surface area contributed by atoms with Gasteiger partial charge < -0.3 is 5.11 Å². The highest BCUT2D eigenvalue weighted by atomic mass is 32.2. The predicted octanol–water partition coefficient (Wildman–Crippen LogP) is 5.31. The van der Waals surface area contributed by atoms with E-state index in [1.807, 2.05) is 41.8 Å². The number of carbonyl (C=O) groups excluding carboxylic acids is 1. The van der Waals surface area contributed by atoms with Gasteiger partial charge in [-0.2, -0.15) is 4.99 Å². The van der Waals surface area contributed by atoms with Crippen molar-refractivity contribution in [2.24, 2.45) is 4.99 Å². The van der Waals surface area contributed by atoms with Crippen molar-refractivity contribution in [3.8, 4) is 17.0 Å². The Balaban J connectivity index is 1.65. The summed E-state index contributed by atoms with van der Waals surface area (Å²) >= 11 is 2.69. The van der Waals surface area contributed by atoms with Gasteiger partial charge in [0.25, 0.3) is 5.91 Å². The second-order valence-corrected chi connectivity index (χ2v) is 8.00. The maximum absolute atomic E-state index is 12.8. The number of para-hydroxylation sites is 1. The first kappa shape index (κ1) is 19.2. The number of benzene rings is 2. The standard InChI is InChI=1S/C22H17N3O2S2/c1-2-12-25-20(27)19(13-16-10-6-7-11-18(16)26)29-22(25)24-21-23-17(14-28-21)15-8-4-3-5-9-15/h2-11,13-14,26H,1,12H2/b19-13-,24-22+. The number of thiazole rings is 1. The van der Waals surface area contributed by atoms with Gasteiger partial charge in [-0.05, 0) is 23.9 Å². The largest absolute Gasteiger partial charge is 0.507 e. The zero-order valence-electron chi connectivity index (χ0n) is 15.4. The number of aliphatic imine (C=N–C) groups is 1. The number of nitrogens with zero attached hydrogens (tertiary/aromatic N) is 3. The topological polar surface area (TPSA) is 65.8 Å². The van der Waals surface area contributed by atoms with Crippen LogP contribution in [0.3, 0.4) is 0 Å². The number of thioether (sulfide) groups is 1. The minimum atomic E-state index is -0.170. The van der Waals surface area contributed by atoms with E-state index in [0.717, 1.165) is 11.3 Å². The van der Waals surface area contributed by atoms with Crippen LogP contribution in [0.1, 0.15) is 5.56 Å². The summed E-state index contributed by atoms with van der Waals surface area (Å²) in [7, 11) is 0. The van der Waals surface area contributed by atoms with Crippen LogP contribution in [0.5, 0.6) is 5.75 Å². The van der Waals surface area contributed by atoms with Crippen LogP contribution >= 0.6 is 23.1 Å². The highest BCUT2D eigenvalue weighted by molar-refractivity contribution is 8.18. The molecule has 0 aliphatic carbocycles. The number of aromatic hydroxyl groups is 1. The minimum Gasteiger partial charge on any atom is -0.507 e. The third kappa shape index (κ3) is 4.16. The fraction of sp³-hybridized carbons (Fsp3) is 0.0455. The molecule has 0 bridgehead atoms. The molecule has 1 saturated heterocycles. The third-order valence-corrected chi connectivity index (χ3v) is 5.92. The zero-order chi connectivity index (χ0) is 20.2. The van der Waals surface area contributed by atoms with Crippen LogP contribution in [0, 0.1) is 0 Å². The molecule has 0 unspecified atom stereocenters. The van der Waals surface area contributed by atoms with Crippen LogP contribution < -0.4 is 0 Å². The Labute approximate surface area is 176 Å². The molecule has 1 aliphatic heterocycles. The number of aromatic nitrogens is 1. The number of carbonyl (C=O) groups is 1. The number of hydrogen-bond acceptors (Lipinski definition) is 6. The first-order valence-electron chi connectivity index (χ1n) is 8.85. The summed E-state index contributed by atoms with van der Waals surface area (Å²) in [5.41, 5.74) is 2.46. The molecule has 0 radical (unpaired) electrons. The van der Waals surface area contributed by atoms with E-state index in [1.165, 1.54) is 23.1 Å². The molecule has 1 fully saturated rings. The Morgan fingerprint density at radius 1 is 1.14 bits per heavy atom. The Morgan fingerprint density at radius 2 is 1.90 bits per heavy atom. The number of amidine groups is 1. The smallest absolute Gasteiger partial charge is 0.267 e. The first-order valence-corrected chi connectivity index (χ1v) is 10.6. The Hall–Kier alpha value is -3.16. The van der Waals surface area contributed by atoms with Gasteiger partial charge in [0.15, 0.2) is 5.17 Å². The first-order chi connectivity index (χ1) is 14.2. The molecular formula is C22H17N3O2S2. The number of amides is 1. The molecule has 7 heteroatoms. The average molecular weight is 420 g/mol. The third-order valence-electron chi connectivity index (χ3n) is 4.18. The summed E-state index contributed by atoms with van der Waals surface area (Å²) < 4.78 is 0. The molecule has 1 aliphatic rings. The second kappa shape index (κ2) is 8.46. The van der Waals surface area contributed by atoms with Gasteiger partial charge in [-0.15, -0.1) is 17.9 Å². The van der Waals surface area contributed by atoms with Crippen LogP contribution in [0.2, 0.25) is 0 Å². The number of hydrogen-bond donors (Lipinski definition) is 1. The van der Waals surface area contributed by atoms with Gasteiger partial charge in [0.2, 0.25) is 5.13 Å². The van der Waals surface area contributed by atoms with E-state index in [9.17, 15) is 9.90 Å². The Kier molecular flexibility index (Phi) is 5.59. The highest BCUT2D eigenvalue weighted by Gasteiger charge is 2.33. The molecule has 0 saturated carbocycles. The molecule has 0 spiro atoms. The Bertz CT molecular complexity index is 1120. The van der Waals surface area contributed by atoms with Gasteiger partial charge in [-0.1, -0.05) is 54.6 Å². The van der Waals surface area contributed by atoms with E-state index in [1.54, 1.807) is 35.3 Å². The summed E-state index contributed by atoms with van der Waals surface area (Å²) in [6.07, 6.45) is 3.34. The minimum absolute atomic E-state index is 0.126. The van der Waals surface area contributed by atoms with Gasteiger partial charge in [0.05, 0.1) is 10.6 Å². The monoisotopic (exact) mass is 419 g/mol. The van der Waals surface area contributed by atoms with Crippen molar-refractivity contribution >= 4 is 45.4 Å². The summed E-state index contributed by atoms with van der Waals surface area (Å²) in [5.74, 6) is -0.0433. The number of rotatable bonds is 5. The van der Waals surface area contributed by atoms with Gasteiger partial charge in [0.1, 0.15) is 5.75 Å². The van der Waals surface area contributed by atoms with Crippen molar-refractivity contribution in [2.75, 3.05) is 6.54 Å². The van der Waals surface area contributed by atoms with Crippen LogP contribution in [0.15, 0.2) is 82.5 Å². The second-order valence-electron chi connectivity index (χ2n) is 6.15. The lowest BCUT2D eigenvalue weighted by Crippen LogP contribution is -2.29. The lowest BCUT2D eigenvalue weighted by molar-refractivity contribution is -0.121. The molecule has 5 nitrogen and oxygen atoms in total. The molecule has 0 atom stereocenters. The van der Waals surface area contributed by atoms with Crippen molar-refractivity contribution in [2.45, 2.75) is 0 Å². The van der Waals surface area contributed by atoms with Crippen LogP contribution in [0.4, 0.5) is 5.13 Å². The predicted molar refractivity (Wildman–Crippen MR) is 120 cm³/mol. The molecule has 2 aromatic carbocycles. The van der Waals surface area contributed by atoms with Crippen LogP contribution in [-0.2, 0) is 4.79 Å². The molecule has 144 valence electrons. The molecule has 1 amide bonds. The van der Waals surface area contributed by atoms with Crippen molar-refractivity contribution in [3.63, 3.8) is 0 Å². The molecule has 1 N–H and O–H groups in total. The lowest BCUT2D eigenvalue weighted by Gasteiger charge is -2.11. The number of phenolic OH excluding ortho intramolecular Hbond substituents is 1. The van der Waals surface area contributed by atoms with Crippen molar-refractivity contribution in [1.82, 2.24) is 9.88 Å². The van der Waals surface area contributed by atoms with E-state index in [0.29, 0.717) is 27.3 Å². The molecule has 1 aromatic heterocycles. The SMILES string of the molecule is C=CCN1C(=O)/C(=C/c2ccccc2O)S/C1=N/c1nc(-c2ccccc2)cs1. The van der Waals surface area contributed by atoms with E-state index in [4.69, 9.17) is 0 Å². The van der Waals surface area contributed by atoms with Crippen molar-refractivity contribution < 1.29 is 9.90 Å². The van der Waals surface area contributed by atoms with Crippen LogP contribution in [-0.4, -0.2) is 32.6 Å². The normalized spacial score (nSPS) is 16.7. The van der Waals surface area contributed by atoms with E-state index in [2.05, 4.69) is 16.6 Å². The summed E-state index contributed by atoms with van der Waals surface area (Å²) in [6.45, 7) is 4.08. The lowest BCUT2D eigenvalue weighted by atomic mass is 10.2. The fourth-order valence-electron chi connectivity index (χ4n) is 2.77. The van der Waals surface area contributed by atoms with Crippen molar-refractivity contribution in [1.29, 1.82) is 0 Å². The van der Waals surface area contributed by atoms with E-state index >= 15 is 0 Å². The summed E-state index contributed by atoms with van der Waals surface area (Å²) in [6, 6.07) is 16.8. The molecule has 4 rings (SSSR count). The van der Waals surface area contributed by atoms with Crippen LogP contribution in [0.25, 0.3) is 17.3 Å². The van der Waals surface area contributed by atoms with E-state index < -0.39 is 0 Å². The van der Waals surface area contributed by atoms with Gasteiger partial charge in [0, 0.05) is 23.1 Å². The summed E-state index contributed by atoms with van der Waals surface area (Å²) in [4.78, 5) is 24.1. The van der Waals surface area contributed by atoms with Gasteiger partial charge >= 0.3 is 0 Å². The zero-order valence-corrected chi connectivity index (χ0v) is 17.0. The number of phenols is 1. The molecular weight excluding hydrogens is 402 g/mol. The molecule has 2 heterocycles. The van der Waals surface area contributed by atoms with Gasteiger partial charge in [-0.3, -0.25) is 9.69 Å². The molecule has 29 heavy (non-hydrogen) atoms. The van der Waals surface area contributed by atoms with Crippen molar-refractivity contribution in [3.05, 3.63) is 83.1 Å². The summed E-state index contributed by atoms with van der Waals surface area (Å²) in [5, 5.41) is 13.1. The Morgan fingerprint density at radius 3 is 2.66 bits per heavy atom. The maximum atomic E-state index is 12.8. The highest BCUT2D eigenvalue weighted by Crippen LogP contribution is 2.36. The quantitative estimate of drug-likeness (QED) is 0.450. The maximum Gasteiger partial charge on any atom is 0.267 e.